The Morgan fingerprint density at radius 3 is 2.82 bits per heavy atom. The minimum Gasteiger partial charge on any atom is -0.354 e. The Balaban J connectivity index is 1.88. The van der Waals surface area contributed by atoms with Crippen LogP contribution in [0.3, 0.4) is 0 Å². The third-order valence-electron chi connectivity index (χ3n) is 3.50. The lowest BCUT2D eigenvalue weighted by Crippen LogP contribution is -2.39. The summed E-state index contributed by atoms with van der Waals surface area (Å²) in [7, 11) is 4.11. The van der Waals surface area contributed by atoms with E-state index in [4.69, 9.17) is 0 Å². The summed E-state index contributed by atoms with van der Waals surface area (Å²) in [6, 6.07) is 2.41. The van der Waals surface area contributed by atoms with E-state index >= 15 is 0 Å². The molecule has 1 N–H and O–H groups in total. The lowest BCUT2D eigenvalue weighted by Gasteiger charge is -2.28. The van der Waals surface area contributed by atoms with Crippen LogP contribution in [0.15, 0.2) is 16.8 Å². The van der Waals surface area contributed by atoms with E-state index in [1.807, 2.05) is 0 Å². The van der Waals surface area contributed by atoms with Gasteiger partial charge in [-0.2, -0.15) is 11.3 Å². The molecule has 4 heteroatoms. The van der Waals surface area contributed by atoms with Crippen LogP contribution in [0.4, 0.5) is 0 Å². The Kier molecular flexibility index (Phi) is 4.18. The van der Waals surface area contributed by atoms with Crippen molar-refractivity contribution in [3.05, 3.63) is 22.4 Å². The van der Waals surface area contributed by atoms with Crippen molar-refractivity contribution in [2.45, 2.75) is 25.3 Å². The number of nitrogens with one attached hydrogen (secondary N) is 1. The van der Waals surface area contributed by atoms with Crippen molar-refractivity contribution in [1.29, 1.82) is 0 Å². The number of rotatable bonds is 5. The quantitative estimate of drug-likeness (QED) is 0.872. The molecule has 1 fully saturated rings. The zero-order valence-electron chi connectivity index (χ0n) is 10.5. The molecule has 1 aromatic heterocycles. The third-order valence-corrected chi connectivity index (χ3v) is 4.20. The Hall–Kier alpha value is -0.870. The predicted molar refractivity (Wildman–Crippen MR) is 71.1 cm³/mol. The molecule has 0 bridgehead atoms. The second-order valence-corrected chi connectivity index (χ2v) is 5.69. The highest BCUT2D eigenvalue weighted by Crippen LogP contribution is 2.26. The monoisotopic (exact) mass is 252 g/mol. The molecule has 1 heterocycles. The Bertz CT molecular complexity index is 358. The molecule has 1 saturated carbocycles. The standard InChI is InChI=1S/C13H20N2OS/c1-15(2)12(11-6-7-17-9-11)8-14-13(16)10-4-3-5-10/h6-7,9-10,12H,3-5,8H2,1-2H3,(H,14,16)/t12-/m0/s1. The SMILES string of the molecule is CN(C)[C@@H](CNC(=O)C1CCC1)c1ccsc1. The van der Waals surface area contributed by atoms with Gasteiger partial charge in [0.15, 0.2) is 0 Å². The summed E-state index contributed by atoms with van der Waals surface area (Å²) < 4.78 is 0. The predicted octanol–water partition coefficient (Wildman–Crippen LogP) is 2.27. The first-order valence-electron chi connectivity index (χ1n) is 6.14. The highest BCUT2D eigenvalue weighted by atomic mass is 32.1. The van der Waals surface area contributed by atoms with Crippen LogP contribution in [0.25, 0.3) is 0 Å². The van der Waals surface area contributed by atoms with Gasteiger partial charge in [0.25, 0.3) is 0 Å². The molecule has 0 aromatic carbocycles. The molecular formula is C13H20N2OS. The average Bonchev–Trinajstić information content (AvgIpc) is 2.67. The van der Waals surface area contributed by atoms with Crippen molar-refractivity contribution < 1.29 is 4.79 Å². The van der Waals surface area contributed by atoms with E-state index in [0.29, 0.717) is 6.54 Å². The smallest absolute Gasteiger partial charge is 0.223 e. The fourth-order valence-corrected chi connectivity index (χ4v) is 2.78. The van der Waals surface area contributed by atoms with Crippen LogP contribution < -0.4 is 5.32 Å². The van der Waals surface area contributed by atoms with Crippen molar-refractivity contribution in [3.63, 3.8) is 0 Å². The summed E-state index contributed by atoms with van der Waals surface area (Å²) in [6.45, 7) is 0.707. The maximum atomic E-state index is 11.8. The highest BCUT2D eigenvalue weighted by molar-refractivity contribution is 7.07. The van der Waals surface area contributed by atoms with Crippen LogP contribution in [0.5, 0.6) is 0 Å². The molecular weight excluding hydrogens is 232 g/mol. The number of likely N-dealkylation sites (N-methyl/N-ethyl adjacent to an activating group) is 1. The van der Waals surface area contributed by atoms with E-state index in [1.54, 1.807) is 11.3 Å². The van der Waals surface area contributed by atoms with Crippen LogP contribution in [0.1, 0.15) is 30.9 Å². The van der Waals surface area contributed by atoms with Crippen molar-refractivity contribution in [2.75, 3.05) is 20.6 Å². The number of carbonyl (C=O) groups excluding carboxylic acids is 1. The summed E-state index contributed by atoms with van der Waals surface area (Å²) in [5.41, 5.74) is 1.29. The normalized spacial score (nSPS) is 17.8. The maximum Gasteiger partial charge on any atom is 0.223 e. The summed E-state index contributed by atoms with van der Waals surface area (Å²) in [5.74, 6) is 0.513. The molecule has 1 amide bonds. The number of thiophene rings is 1. The average molecular weight is 252 g/mol. The lowest BCUT2D eigenvalue weighted by molar-refractivity contribution is -0.127. The maximum absolute atomic E-state index is 11.8. The van der Waals surface area contributed by atoms with Crippen LogP contribution in [-0.2, 0) is 4.79 Å². The number of amides is 1. The largest absolute Gasteiger partial charge is 0.354 e. The molecule has 1 aromatic rings. The van der Waals surface area contributed by atoms with Gasteiger partial charge in [0.2, 0.25) is 5.91 Å². The van der Waals surface area contributed by atoms with E-state index in [2.05, 4.69) is 41.1 Å². The first-order chi connectivity index (χ1) is 8.18. The number of carbonyl (C=O) groups is 1. The van der Waals surface area contributed by atoms with Gasteiger partial charge < -0.3 is 10.2 Å². The molecule has 1 aliphatic rings. The van der Waals surface area contributed by atoms with Gasteiger partial charge in [0.05, 0.1) is 6.04 Å². The van der Waals surface area contributed by atoms with E-state index in [-0.39, 0.29) is 17.9 Å². The fourth-order valence-electron chi connectivity index (χ4n) is 2.08. The van der Waals surface area contributed by atoms with Crippen molar-refractivity contribution in [3.8, 4) is 0 Å². The van der Waals surface area contributed by atoms with E-state index in [9.17, 15) is 4.79 Å². The number of hydrogen-bond acceptors (Lipinski definition) is 3. The van der Waals surface area contributed by atoms with Gasteiger partial charge in [0, 0.05) is 12.5 Å². The van der Waals surface area contributed by atoms with E-state index in [1.165, 1.54) is 12.0 Å². The second-order valence-electron chi connectivity index (χ2n) is 4.91. The van der Waals surface area contributed by atoms with Gasteiger partial charge in [-0.3, -0.25) is 4.79 Å². The van der Waals surface area contributed by atoms with Gasteiger partial charge >= 0.3 is 0 Å². The molecule has 17 heavy (non-hydrogen) atoms. The van der Waals surface area contributed by atoms with Crippen LogP contribution >= 0.6 is 11.3 Å². The van der Waals surface area contributed by atoms with Gasteiger partial charge in [-0.1, -0.05) is 6.42 Å². The molecule has 0 radical (unpaired) electrons. The highest BCUT2D eigenvalue weighted by Gasteiger charge is 2.26. The lowest BCUT2D eigenvalue weighted by atomic mass is 9.85. The van der Waals surface area contributed by atoms with Crippen LogP contribution in [-0.4, -0.2) is 31.4 Å². The van der Waals surface area contributed by atoms with Gasteiger partial charge in [-0.25, -0.2) is 0 Å². The summed E-state index contributed by atoms with van der Waals surface area (Å²) in [6.07, 6.45) is 3.34. The minimum absolute atomic E-state index is 0.235. The van der Waals surface area contributed by atoms with E-state index in [0.717, 1.165) is 12.8 Å². The summed E-state index contributed by atoms with van der Waals surface area (Å²) in [4.78, 5) is 14.0. The van der Waals surface area contributed by atoms with E-state index < -0.39 is 0 Å². The molecule has 94 valence electrons. The topological polar surface area (TPSA) is 32.3 Å². The molecule has 1 aliphatic carbocycles. The first-order valence-corrected chi connectivity index (χ1v) is 7.09. The number of nitrogens with zero attached hydrogens (tertiary/aromatic N) is 1. The molecule has 0 saturated heterocycles. The summed E-state index contributed by atoms with van der Waals surface area (Å²) >= 11 is 1.70. The second kappa shape index (κ2) is 5.65. The van der Waals surface area contributed by atoms with Crippen LogP contribution in [0, 0.1) is 5.92 Å². The van der Waals surface area contributed by atoms with Crippen molar-refractivity contribution in [2.24, 2.45) is 5.92 Å². The van der Waals surface area contributed by atoms with Crippen molar-refractivity contribution in [1.82, 2.24) is 10.2 Å². The Morgan fingerprint density at radius 1 is 1.59 bits per heavy atom. The molecule has 0 aliphatic heterocycles. The van der Waals surface area contributed by atoms with Gasteiger partial charge in [-0.05, 0) is 49.3 Å². The number of hydrogen-bond donors (Lipinski definition) is 1. The molecule has 2 rings (SSSR count). The van der Waals surface area contributed by atoms with Gasteiger partial charge in [-0.15, -0.1) is 0 Å². The fraction of sp³-hybridized carbons (Fsp3) is 0.615. The molecule has 1 atom stereocenters. The first kappa shape index (κ1) is 12.6. The zero-order chi connectivity index (χ0) is 12.3. The third kappa shape index (κ3) is 3.07. The zero-order valence-corrected chi connectivity index (χ0v) is 11.3. The van der Waals surface area contributed by atoms with Crippen molar-refractivity contribution >= 4 is 17.2 Å². The molecule has 3 nitrogen and oxygen atoms in total. The summed E-state index contributed by atoms with van der Waals surface area (Å²) in [5, 5.41) is 7.31. The van der Waals surface area contributed by atoms with Gasteiger partial charge in [0.1, 0.15) is 0 Å². The van der Waals surface area contributed by atoms with Crippen LogP contribution in [0.2, 0.25) is 0 Å². The Morgan fingerprint density at radius 2 is 2.35 bits per heavy atom. The Labute approximate surface area is 107 Å². The molecule has 0 spiro atoms. The minimum atomic E-state index is 0.235. The molecule has 0 unspecified atom stereocenters.